The molecule has 2 aromatic heterocycles. The maximum absolute atomic E-state index is 9.88. The number of thiophene rings is 1. The number of allylic oxidation sites excluding steroid dienone is 4. The summed E-state index contributed by atoms with van der Waals surface area (Å²) in [5, 5.41) is 26.8. The van der Waals surface area contributed by atoms with Gasteiger partial charge < -0.3 is 4.90 Å². The third kappa shape index (κ3) is 2.07. The predicted octanol–water partition coefficient (Wildman–Crippen LogP) is 4.17. The van der Waals surface area contributed by atoms with Gasteiger partial charge >= 0.3 is 0 Å². The molecule has 0 radical (unpaired) electrons. The van der Waals surface area contributed by atoms with E-state index in [0.29, 0.717) is 0 Å². The number of aromatic nitrogens is 2. The molecule has 0 aromatic carbocycles. The standard InChI is InChI=1S/C18H17N5S/c1-2-14-11(8-19)18(16-7-13-17(24-16)10-21-22-13)12(9-20)15-5-3-4-6-23(14)15/h7,10,18H,2-6H2,1H3,(H,21,22). The zero-order valence-electron chi connectivity index (χ0n) is 13.5. The SMILES string of the molecule is CCC1=C(C#N)C(c2cc3[nH]ncc3s2)C(C#N)=C2CCCCN12. The van der Waals surface area contributed by atoms with Crippen LogP contribution in [-0.2, 0) is 0 Å². The third-order valence-electron chi connectivity index (χ3n) is 4.90. The summed E-state index contributed by atoms with van der Waals surface area (Å²) in [4.78, 5) is 3.29. The molecule has 0 bridgehead atoms. The highest BCUT2D eigenvalue weighted by Crippen LogP contribution is 2.47. The summed E-state index contributed by atoms with van der Waals surface area (Å²) in [6.07, 6.45) is 5.76. The molecule has 1 fully saturated rings. The number of nitrogens with one attached hydrogen (secondary N) is 1. The first-order valence-electron chi connectivity index (χ1n) is 8.25. The first kappa shape index (κ1) is 15.0. The molecule has 1 atom stereocenters. The molecule has 4 heterocycles. The summed E-state index contributed by atoms with van der Waals surface area (Å²) in [6.45, 7) is 3.01. The molecule has 1 N–H and O–H groups in total. The molecule has 2 aromatic rings. The van der Waals surface area contributed by atoms with Crippen molar-refractivity contribution in [2.75, 3.05) is 6.54 Å². The smallest absolute Gasteiger partial charge is 0.0976 e. The number of piperidine rings is 1. The Kier molecular flexibility index (Phi) is 3.63. The van der Waals surface area contributed by atoms with Crippen LogP contribution in [-0.4, -0.2) is 21.6 Å². The van der Waals surface area contributed by atoms with Crippen molar-refractivity contribution >= 4 is 21.6 Å². The van der Waals surface area contributed by atoms with Crippen LogP contribution >= 0.6 is 11.3 Å². The molecule has 1 saturated heterocycles. The zero-order valence-corrected chi connectivity index (χ0v) is 14.3. The average Bonchev–Trinajstić information content (AvgIpc) is 3.21. The van der Waals surface area contributed by atoms with Gasteiger partial charge in [-0.25, -0.2) is 0 Å². The molecule has 2 aliphatic heterocycles. The number of fused-ring (bicyclic) bond motifs is 2. The van der Waals surface area contributed by atoms with Gasteiger partial charge in [0.15, 0.2) is 0 Å². The molecule has 6 heteroatoms. The van der Waals surface area contributed by atoms with Crippen molar-refractivity contribution < 1.29 is 0 Å². The molecule has 0 spiro atoms. The van der Waals surface area contributed by atoms with Gasteiger partial charge in [0.2, 0.25) is 0 Å². The van der Waals surface area contributed by atoms with Crippen LogP contribution < -0.4 is 0 Å². The van der Waals surface area contributed by atoms with Crippen LogP contribution in [0.25, 0.3) is 10.2 Å². The molecule has 120 valence electrons. The molecular weight excluding hydrogens is 318 g/mol. The van der Waals surface area contributed by atoms with Crippen LogP contribution in [0.3, 0.4) is 0 Å². The Morgan fingerprint density at radius 3 is 2.88 bits per heavy atom. The van der Waals surface area contributed by atoms with Crippen molar-refractivity contribution in [1.82, 2.24) is 15.1 Å². The topological polar surface area (TPSA) is 79.5 Å². The van der Waals surface area contributed by atoms with Crippen molar-refractivity contribution in [3.05, 3.63) is 39.7 Å². The lowest BCUT2D eigenvalue weighted by Crippen LogP contribution is -2.34. The van der Waals surface area contributed by atoms with Gasteiger partial charge in [0.1, 0.15) is 0 Å². The van der Waals surface area contributed by atoms with E-state index in [2.05, 4.69) is 34.2 Å². The second kappa shape index (κ2) is 5.81. The lowest BCUT2D eigenvalue weighted by atomic mass is 9.81. The van der Waals surface area contributed by atoms with Crippen LogP contribution in [0.15, 0.2) is 34.8 Å². The zero-order chi connectivity index (χ0) is 16.7. The number of aromatic amines is 1. The van der Waals surface area contributed by atoms with Gasteiger partial charge in [-0.05, 0) is 31.7 Å². The number of rotatable bonds is 2. The highest BCUT2D eigenvalue weighted by Gasteiger charge is 2.37. The van der Waals surface area contributed by atoms with Crippen LogP contribution in [0.2, 0.25) is 0 Å². The van der Waals surface area contributed by atoms with E-state index in [1.807, 2.05) is 6.07 Å². The van der Waals surface area contributed by atoms with E-state index in [4.69, 9.17) is 0 Å². The molecule has 4 rings (SSSR count). The second-order valence-corrected chi connectivity index (χ2v) is 7.25. The summed E-state index contributed by atoms with van der Waals surface area (Å²) < 4.78 is 1.06. The Morgan fingerprint density at radius 2 is 2.17 bits per heavy atom. The lowest BCUT2D eigenvalue weighted by molar-refractivity contribution is 0.328. The number of hydrogen-bond acceptors (Lipinski definition) is 5. The quantitative estimate of drug-likeness (QED) is 0.893. The van der Waals surface area contributed by atoms with Gasteiger partial charge in [-0.1, -0.05) is 6.92 Å². The third-order valence-corrected chi connectivity index (χ3v) is 6.04. The minimum Gasteiger partial charge on any atom is -0.347 e. The molecule has 1 unspecified atom stereocenters. The number of nitrogens with zero attached hydrogens (tertiary/aromatic N) is 4. The van der Waals surface area contributed by atoms with Crippen molar-refractivity contribution in [2.45, 2.75) is 38.5 Å². The largest absolute Gasteiger partial charge is 0.347 e. The average molecular weight is 335 g/mol. The Morgan fingerprint density at radius 1 is 1.33 bits per heavy atom. The minimum absolute atomic E-state index is 0.231. The Labute approximate surface area is 144 Å². The first-order valence-corrected chi connectivity index (χ1v) is 9.06. The fourth-order valence-corrected chi connectivity index (χ4v) is 4.97. The number of H-pyrrole nitrogens is 1. The maximum atomic E-state index is 9.88. The summed E-state index contributed by atoms with van der Waals surface area (Å²) >= 11 is 1.62. The van der Waals surface area contributed by atoms with Crippen LogP contribution in [0.4, 0.5) is 0 Å². The molecular formula is C18H17N5S. The second-order valence-electron chi connectivity index (χ2n) is 6.14. The van der Waals surface area contributed by atoms with Crippen LogP contribution in [0, 0.1) is 22.7 Å². The highest BCUT2D eigenvalue weighted by atomic mass is 32.1. The van der Waals surface area contributed by atoms with Crippen molar-refractivity contribution in [3.8, 4) is 12.1 Å². The molecule has 5 nitrogen and oxygen atoms in total. The molecule has 2 aliphatic rings. The summed E-state index contributed by atoms with van der Waals surface area (Å²) in [5.41, 5.74) is 4.67. The summed E-state index contributed by atoms with van der Waals surface area (Å²) in [6, 6.07) is 6.89. The van der Waals surface area contributed by atoms with Gasteiger partial charge in [-0.2, -0.15) is 15.6 Å². The highest BCUT2D eigenvalue weighted by molar-refractivity contribution is 7.19. The lowest BCUT2D eigenvalue weighted by Gasteiger charge is -2.40. The Balaban J connectivity index is 1.94. The molecule has 0 saturated carbocycles. The van der Waals surface area contributed by atoms with Gasteiger partial charge in [0.05, 0.1) is 45.6 Å². The van der Waals surface area contributed by atoms with E-state index in [-0.39, 0.29) is 5.92 Å². The van der Waals surface area contributed by atoms with Crippen molar-refractivity contribution in [2.24, 2.45) is 0 Å². The normalized spacial score (nSPS) is 21.0. The van der Waals surface area contributed by atoms with Gasteiger partial charge in [-0.15, -0.1) is 11.3 Å². The Bertz CT molecular complexity index is 886. The van der Waals surface area contributed by atoms with Crippen molar-refractivity contribution in [1.29, 1.82) is 10.5 Å². The van der Waals surface area contributed by atoms with E-state index in [1.54, 1.807) is 17.5 Å². The van der Waals surface area contributed by atoms with Gasteiger partial charge in [-0.3, -0.25) is 5.10 Å². The Hall–Kier alpha value is -2.57. The minimum atomic E-state index is -0.231. The van der Waals surface area contributed by atoms with Crippen LogP contribution in [0.1, 0.15) is 43.4 Å². The molecule has 24 heavy (non-hydrogen) atoms. The maximum Gasteiger partial charge on any atom is 0.0976 e. The summed E-state index contributed by atoms with van der Waals surface area (Å²) in [7, 11) is 0. The van der Waals surface area contributed by atoms with Gasteiger partial charge in [0, 0.05) is 22.8 Å². The molecule has 0 aliphatic carbocycles. The van der Waals surface area contributed by atoms with E-state index in [1.165, 1.54) is 0 Å². The van der Waals surface area contributed by atoms with Crippen molar-refractivity contribution in [3.63, 3.8) is 0 Å². The fraction of sp³-hybridized carbons (Fsp3) is 0.389. The van der Waals surface area contributed by atoms with E-state index in [9.17, 15) is 10.5 Å². The van der Waals surface area contributed by atoms with E-state index >= 15 is 0 Å². The van der Waals surface area contributed by atoms with E-state index < -0.39 is 0 Å². The predicted molar refractivity (Wildman–Crippen MR) is 92.8 cm³/mol. The summed E-state index contributed by atoms with van der Waals surface area (Å²) in [5.74, 6) is -0.231. The first-order chi connectivity index (χ1) is 11.8. The number of hydrogen-bond donors (Lipinski definition) is 1. The number of nitriles is 2. The van der Waals surface area contributed by atoms with Crippen LogP contribution in [0.5, 0.6) is 0 Å². The molecule has 0 amide bonds. The fourth-order valence-electron chi connectivity index (χ4n) is 3.87. The van der Waals surface area contributed by atoms with Gasteiger partial charge in [0.25, 0.3) is 0 Å². The van der Waals surface area contributed by atoms with E-state index in [0.717, 1.165) is 69.9 Å². The monoisotopic (exact) mass is 335 g/mol.